The fourth-order valence-electron chi connectivity index (χ4n) is 3.65. The number of aromatic nitrogens is 1. The molecule has 5 heteroatoms. The van der Waals surface area contributed by atoms with E-state index in [2.05, 4.69) is 15.2 Å². The van der Waals surface area contributed by atoms with Gasteiger partial charge in [-0.2, -0.15) is 0 Å². The van der Waals surface area contributed by atoms with Gasteiger partial charge in [0.25, 0.3) is 5.91 Å². The third-order valence-corrected chi connectivity index (χ3v) is 4.99. The zero-order valence-corrected chi connectivity index (χ0v) is 14.1. The van der Waals surface area contributed by atoms with Gasteiger partial charge in [0.2, 0.25) is 0 Å². The molecule has 2 fully saturated rings. The number of carbonyl (C=O) groups excluding carboxylic acids is 1. The van der Waals surface area contributed by atoms with Gasteiger partial charge in [0.05, 0.1) is 5.56 Å². The Balaban J connectivity index is 1.61. The molecule has 1 aromatic rings. The monoisotopic (exact) mass is 316 g/mol. The van der Waals surface area contributed by atoms with Crippen LogP contribution in [0.15, 0.2) is 18.3 Å². The Bertz CT molecular complexity index is 508. The Morgan fingerprint density at radius 3 is 2.65 bits per heavy atom. The summed E-state index contributed by atoms with van der Waals surface area (Å²) < 4.78 is 0. The van der Waals surface area contributed by atoms with Crippen LogP contribution in [0.3, 0.4) is 0 Å². The van der Waals surface area contributed by atoms with Crippen LogP contribution in [0.2, 0.25) is 0 Å². The zero-order chi connectivity index (χ0) is 16.1. The van der Waals surface area contributed by atoms with Crippen LogP contribution in [0.1, 0.15) is 42.5 Å². The second-order valence-corrected chi connectivity index (χ2v) is 6.77. The van der Waals surface area contributed by atoms with E-state index >= 15 is 0 Å². The number of nitrogens with one attached hydrogen (secondary N) is 1. The maximum atomic E-state index is 12.6. The van der Waals surface area contributed by atoms with Crippen molar-refractivity contribution in [2.24, 2.45) is 5.92 Å². The molecule has 5 nitrogen and oxygen atoms in total. The Kier molecular flexibility index (Phi) is 5.49. The van der Waals surface area contributed by atoms with E-state index in [1.807, 2.05) is 24.1 Å². The van der Waals surface area contributed by atoms with Crippen LogP contribution in [-0.2, 0) is 0 Å². The summed E-state index contributed by atoms with van der Waals surface area (Å²) >= 11 is 0. The second kappa shape index (κ2) is 7.77. The molecule has 1 atom stereocenters. The number of hydrogen-bond acceptors (Lipinski definition) is 4. The van der Waals surface area contributed by atoms with Gasteiger partial charge in [0, 0.05) is 32.4 Å². The summed E-state index contributed by atoms with van der Waals surface area (Å²) in [5.74, 6) is 1.71. The minimum atomic E-state index is 0.124. The second-order valence-electron chi connectivity index (χ2n) is 6.77. The minimum Gasteiger partial charge on any atom is -0.357 e. The average molecular weight is 316 g/mol. The van der Waals surface area contributed by atoms with Crippen molar-refractivity contribution in [3.8, 4) is 0 Å². The fourth-order valence-corrected chi connectivity index (χ4v) is 3.65. The standard InChI is InChI=1S/C18H28N4O/c1-19-12-15-8-11-22(14-15)18(23)16-6-7-17(20-13-16)21-9-4-2-3-5-10-21/h6-7,13,15,19H,2-5,8-12,14H2,1H3. The molecule has 1 unspecified atom stereocenters. The van der Waals surface area contributed by atoms with Gasteiger partial charge in [-0.25, -0.2) is 4.98 Å². The smallest absolute Gasteiger partial charge is 0.255 e. The normalized spacial score (nSPS) is 22.2. The van der Waals surface area contributed by atoms with Crippen LogP contribution >= 0.6 is 0 Å². The molecule has 2 aliphatic heterocycles. The van der Waals surface area contributed by atoms with Crippen molar-refractivity contribution >= 4 is 11.7 Å². The van der Waals surface area contributed by atoms with Crippen molar-refractivity contribution in [3.05, 3.63) is 23.9 Å². The molecule has 23 heavy (non-hydrogen) atoms. The van der Waals surface area contributed by atoms with Crippen molar-refractivity contribution in [1.82, 2.24) is 15.2 Å². The van der Waals surface area contributed by atoms with Crippen LogP contribution in [0.25, 0.3) is 0 Å². The van der Waals surface area contributed by atoms with Gasteiger partial charge in [-0.3, -0.25) is 4.79 Å². The van der Waals surface area contributed by atoms with Gasteiger partial charge in [-0.15, -0.1) is 0 Å². The highest BCUT2D eigenvalue weighted by molar-refractivity contribution is 5.94. The Labute approximate surface area is 139 Å². The molecule has 2 saturated heterocycles. The maximum Gasteiger partial charge on any atom is 0.255 e. The Morgan fingerprint density at radius 1 is 1.22 bits per heavy atom. The molecule has 0 bridgehead atoms. The van der Waals surface area contributed by atoms with Gasteiger partial charge in [-0.05, 0) is 50.9 Å². The van der Waals surface area contributed by atoms with Crippen LogP contribution in [0, 0.1) is 5.92 Å². The average Bonchev–Trinajstić information content (AvgIpc) is 2.88. The van der Waals surface area contributed by atoms with E-state index in [1.54, 1.807) is 6.20 Å². The lowest BCUT2D eigenvalue weighted by molar-refractivity contribution is 0.0787. The van der Waals surface area contributed by atoms with E-state index in [9.17, 15) is 4.79 Å². The first-order valence-corrected chi connectivity index (χ1v) is 8.93. The van der Waals surface area contributed by atoms with Crippen LogP contribution in [-0.4, -0.2) is 55.6 Å². The summed E-state index contributed by atoms with van der Waals surface area (Å²) in [6.45, 7) is 4.86. The first-order chi connectivity index (χ1) is 11.3. The van der Waals surface area contributed by atoms with Gasteiger partial charge in [0.15, 0.2) is 0 Å². The van der Waals surface area contributed by atoms with Crippen molar-refractivity contribution in [2.75, 3.05) is 44.7 Å². The summed E-state index contributed by atoms with van der Waals surface area (Å²) in [5.41, 5.74) is 0.716. The summed E-state index contributed by atoms with van der Waals surface area (Å²) in [5, 5.41) is 3.20. The highest BCUT2D eigenvalue weighted by atomic mass is 16.2. The van der Waals surface area contributed by atoms with Crippen molar-refractivity contribution in [1.29, 1.82) is 0 Å². The van der Waals surface area contributed by atoms with Crippen LogP contribution < -0.4 is 10.2 Å². The third kappa shape index (κ3) is 4.02. The summed E-state index contributed by atoms with van der Waals surface area (Å²) in [4.78, 5) is 21.5. The van der Waals surface area contributed by atoms with Crippen molar-refractivity contribution in [3.63, 3.8) is 0 Å². The number of pyridine rings is 1. The lowest BCUT2D eigenvalue weighted by Crippen LogP contribution is -2.30. The number of likely N-dealkylation sites (tertiary alicyclic amines) is 1. The molecular weight excluding hydrogens is 288 g/mol. The molecule has 0 spiro atoms. The number of anilines is 1. The van der Waals surface area contributed by atoms with E-state index in [0.29, 0.717) is 11.5 Å². The molecule has 0 aliphatic carbocycles. The van der Waals surface area contributed by atoms with E-state index in [0.717, 1.165) is 45.0 Å². The molecule has 1 N–H and O–H groups in total. The molecular formula is C18H28N4O. The lowest BCUT2D eigenvalue weighted by atomic mass is 10.1. The largest absolute Gasteiger partial charge is 0.357 e. The molecule has 126 valence electrons. The molecule has 0 saturated carbocycles. The van der Waals surface area contributed by atoms with Gasteiger partial charge in [0.1, 0.15) is 5.82 Å². The minimum absolute atomic E-state index is 0.124. The molecule has 0 aromatic carbocycles. The summed E-state index contributed by atoms with van der Waals surface area (Å²) in [6, 6.07) is 3.96. The molecule has 1 aromatic heterocycles. The first-order valence-electron chi connectivity index (χ1n) is 8.93. The van der Waals surface area contributed by atoms with Crippen molar-refractivity contribution < 1.29 is 4.79 Å². The van der Waals surface area contributed by atoms with Gasteiger partial charge < -0.3 is 15.1 Å². The SMILES string of the molecule is CNCC1CCN(C(=O)c2ccc(N3CCCCCC3)nc2)C1. The number of amides is 1. The topological polar surface area (TPSA) is 48.5 Å². The van der Waals surface area contributed by atoms with E-state index in [-0.39, 0.29) is 5.91 Å². The summed E-state index contributed by atoms with van der Waals surface area (Å²) in [6.07, 6.45) is 7.96. The Hall–Kier alpha value is -1.62. The Morgan fingerprint density at radius 2 is 2.00 bits per heavy atom. The van der Waals surface area contributed by atoms with E-state index in [4.69, 9.17) is 0 Å². The predicted octanol–water partition coefficient (Wildman–Crippen LogP) is 2.14. The van der Waals surface area contributed by atoms with Crippen molar-refractivity contribution in [2.45, 2.75) is 32.1 Å². The maximum absolute atomic E-state index is 12.6. The quantitative estimate of drug-likeness (QED) is 0.924. The number of rotatable bonds is 4. The molecule has 3 heterocycles. The zero-order valence-electron chi connectivity index (χ0n) is 14.1. The number of nitrogens with zero attached hydrogens (tertiary/aromatic N) is 3. The first kappa shape index (κ1) is 16.2. The van der Waals surface area contributed by atoms with Gasteiger partial charge >= 0.3 is 0 Å². The number of hydrogen-bond donors (Lipinski definition) is 1. The predicted molar refractivity (Wildman–Crippen MR) is 92.9 cm³/mol. The number of carbonyl (C=O) groups is 1. The van der Waals surface area contributed by atoms with Gasteiger partial charge in [-0.1, -0.05) is 12.8 Å². The van der Waals surface area contributed by atoms with Crippen LogP contribution in [0.5, 0.6) is 0 Å². The van der Waals surface area contributed by atoms with E-state index < -0.39 is 0 Å². The van der Waals surface area contributed by atoms with E-state index in [1.165, 1.54) is 25.7 Å². The highest BCUT2D eigenvalue weighted by Gasteiger charge is 2.26. The highest BCUT2D eigenvalue weighted by Crippen LogP contribution is 2.20. The third-order valence-electron chi connectivity index (χ3n) is 4.99. The van der Waals surface area contributed by atoms with Crippen LogP contribution in [0.4, 0.5) is 5.82 Å². The molecule has 3 rings (SSSR count). The molecule has 2 aliphatic rings. The molecule has 0 radical (unpaired) electrons. The summed E-state index contributed by atoms with van der Waals surface area (Å²) in [7, 11) is 1.97. The molecule has 1 amide bonds. The lowest BCUT2D eigenvalue weighted by Gasteiger charge is -2.22. The fraction of sp³-hybridized carbons (Fsp3) is 0.667.